The molecule has 0 fully saturated rings. The van der Waals surface area contributed by atoms with E-state index >= 15 is 0 Å². The SMILES string of the molecule is C[C@H](c1ccccc1)[C@H](NC(=O)[C@H](N)c1ccc(OC(CO)CO)cc1)c1nc(-c2ccc(I)cc2F)c(Cl)[nH]1. The normalized spacial score (nSPS) is 13.6. The van der Waals surface area contributed by atoms with E-state index in [0.717, 1.165) is 9.13 Å². The van der Waals surface area contributed by atoms with Crippen LogP contribution in [-0.4, -0.2) is 45.4 Å². The molecule has 11 heteroatoms. The molecule has 1 heterocycles. The molecule has 0 unspecified atom stereocenters. The second-order valence-corrected chi connectivity index (χ2v) is 10.9. The van der Waals surface area contributed by atoms with Gasteiger partial charge in [-0.25, -0.2) is 9.37 Å². The Morgan fingerprint density at radius 1 is 1.10 bits per heavy atom. The van der Waals surface area contributed by atoms with E-state index in [4.69, 9.17) is 22.1 Å². The van der Waals surface area contributed by atoms with E-state index < -0.39 is 29.9 Å². The highest BCUT2D eigenvalue weighted by molar-refractivity contribution is 14.1. The summed E-state index contributed by atoms with van der Waals surface area (Å²) in [4.78, 5) is 21.0. The summed E-state index contributed by atoms with van der Waals surface area (Å²) in [7, 11) is 0. The highest BCUT2D eigenvalue weighted by Gasteiger charge is 2.30. The number of rotatable bonds is 11. The maximum absolute atomic E-state index is 14.8. The first-order valence-electron chi connectivity index (χ1n) is 12.5. The minimum absolute atomic E-state index is 0.151. The van der Waals surface area contributed by atoms with Crippen LogP contribution in [0, 0.1) is 9.39 Å². The monoisotopic (exact) mass is 678 g/mol. The quantitative estimate of drug-likeness (QED) is 0.144. The van der Waals surface area contributed by atoms with Crippen molar-refractivity contribution in [2.24, 2.45) is 5.73 Å². The number of nitrogens with one attached hydrogen (secondary N) is 2. The largest absolute Gasteiger partial charge is 0.486 e. The number of carbonyl (C=O) groups excluding carboxylic acids is 1. The third-order valence-electron chi connectivity index (χ3n) is 6.51. The van der Waals surface area contributed by atoms with Crippen molar-refractivity contribution in [3.05, 3.63) is 104 Å². The van der Waals surface area contributed by atoms with Crippen LogP contribution in [-0.2, 0) is 4.79 Å². The molecule has 0 spiro atoms. The number of halogens is 3. The molecule has 0 aliphatic heterocycles. The number of amides is 1. The van der Waals surface area contributed by atoms with Crippen molar-refractivity contribution in [1.82, 2.24) is 15.3 Å². The standard InChI is InChI=1S/C29H29ClFIN4O4/c1-16(17-5-3-2-4-6-17)25(28-34-26(27(30)36-28)22-12-9-19(32)13-23(22)31)35-29(39)24(33)18-7-10-20(11-8-18)40-21(14-37)15-38/h2-13,16,21,24-25,37-38H,14-15,33H2,1H3,(H,34,36)(H,35,39)/t16-,24-,25+/m1/s1. The lowest BCUT2D eigenvalue weighted by molar-refractivity contribution is -0.123. The van der Waals surface area contributed by atoms with Crippen LogP contribution in [0.2, 0.25) is 5.15 Å². The molecule has 210 valence electrons. The average molecular weight is 679 g/mol. The first kappa shape index (κ1) is 29.9. The molecule has 0 aliphatic carbocycles. The van der Waals surface area contributed by atoms with Crippen molar-refractivity contribution in [2.45, 2.75) is 31.0 Å². The van der Waals surface area contributed by atoms with Gasteiger partial charge in [0.2, 0.25) is 5.91 Å². The van der Waals surface area contributed by atoms with Crippen LogP contribution in [0.4, 0.5) is 4.39 Å². The predicted molar refractivity (Wildman–Crippen MR) is 159 cm³/mol. The number of ether oxygens (including phenoxy) is 1. The number of carbonyl (C=O) groups is 1. The summed E-state index contributed by atoms with van der Waals surface area (Å²) in [6, 6.07) is 19.2. The molecule has 0 saturated carbocycles. The number of aromatic amines is 1. The van der Waals surface area contributed by atoms with E-state index in [9.17, 15) is 19.4 Å². The van der Waals surface area contributed by atoms with Gasteiger partial charge in [0, 0.05) is 15.1 Å². The van der Waals surface area contributed by atoms with E-state index in [-0.39, 0.29) is 35.5 Å². The number of nitrogens with two attached hydrogens (primary N) is 1. The number of aliphatic hydroxyl groups is 2. The minimum Gasteiger partial charge on any atom is -0.486 e. The Balaban J connectivity index is 1.61. The Morgan fingerprint density at radius 2 is 1.77 bits per heavy atom. The van der Waals surface area contributed by atoms with E-state index in [1.807, 2.05) is 59.8 Å². The summed E-state index contributed by atoms with van der Waals surface area (Å²) in [5.74, 6) is -0.390. The zero-order valence-electron chi connectivity index (χ0n) is 21.5. The van der Waals surface area contributed by atoms with E-state index in [1.165, 1.54) is 6.07 Å². The molecule has 6 N–H and O–H groups in total. The Morgan fingerprint density at radius 3 is 2.40 bits per heavy atom. The first-order valence-corrected chi connectivity index (χ1v) is 14.0. The summed E-state index contributed by atoms with van der Waals surface area (Å²) in [5.41, 5.74) is 8.29. The van der Waals surface area contributed by atoms with Gasteiger partial charge in [0.25, 0.3) is 0 Å². The van der Waals surface area contributed by atoms with Gasteiger partial charge in [-0.15, -0.1) is 0 Å². The average Bonchev–Trinajstić information content (AvgIpc) is 3.35. The molecule has 0 bridgehead atoms. The van der Waals surface area contributed by atoms with Gasteiger partial charge in [-0.3, -0.25) is 4.79 Å². The summed E-state index contributed by atoms with van der Waals surface area (Å²) in [5, 5.41) is 21.6. The van der Waals surface area contributed by atoms with Crippen molar-refractivity contribution < 1.29 is 24.1 Å². The second-order valence-electron chi connectivity index (χ2n) is 9.25. The number of imidazole rings is 1. The van der Waals surface area contributed by atoms with Crippen LogP contribution in [0.1, 0.15) is 41.9 Å². The van der Waals surface area contributed by atoms with Gasteiger partial charge in [0.1, 0.15) is 40.4 Å². The summed E-state index contributed by atoms with van der Waals surface area (Å²) in [6.45, 7) is 1.27. The number of benzene rings is 3. The lowest BCUT2D eigenvalue weighted by atomic mass is 9.92. The summed E-state index contributed by atoms with van der Waals surface area (Å²) in [6.07, 6.45) is -0.749. The van der Waals surface area contributed by atoms with Gasteiger partial charge >= 0.3 is 0 Å². The molecule has 1 aromatic heterocycles. The Hall–Kier alpha value is -3.03. The molecule has 3 atom stereocenters. The van der Waals surface area contributed by atoms with Crippen molar-refractivity contribution in [3.8, 4) is 17.0 Å². The summed E-state index contributed by atoms with van der Waals surface area (Å²) < 4.78 is 21.0. The highest BCUT2D eigenvalue weighted by Crippen LogP contribution is 2.35. The van der Waals surface area contributed by atoms with Gasteiger partial charge < -0.3 is 31.0 Å². The minimum atomic E-state index is -1.02. The van der Waals surface area contributed by atoms with Crippen LogP contribution in [0.3, 0.4) is 0 Å². The Bertz CT molecular complexity index is 1430. The number of aromatic nitrogens is 2. The maximum Gasteiger partial charge on any atom is 0.242 e. The molecule has 40 heavy (non-hydrogen) atoms. The van der Waals surface area contributed by atoms with E-state index in [2.05, 4.69) is 15.3 Å². The van der Waals surface area contributed by atoms with E-state index in [1.54, 1.807) is 36.4 Å². The zero-order chi connectivity index (χ0) is 28.8. The molecular formula is C29H29ClFIN4O4. The van der Waals surface area contributed by atoms with Gasteiger partial charge in [0.15, 0.2) is 0 Å². The van der Waals surface area contributed by atoms with Crippen molar-refractivity contribution in [3.63, 3.8) is 0 Å². The third kappa shape index (κ3) is 6.99. The smallest absolute Gasteiger partial charge is 0.242 e. The Kier molecular flexibility index (Phi) is 10.1. The topological polar surface area (TPSA) is 133 Å². The van der Waals surface area contributed by atoms with Crippen LogP contribution in [0.15, 0.2) is 72.8 Å². The molecule has 4 aromatic rings. The molecule has 0 aliphatic rings. The van der Waals surface area contributed by atoms with Gasteiger partial charge in [-0.05, 0) is 64.0 Å². The molecular weight excluding hydrogens is 650 g/mol. The highest BCUT2D eigenvalue weighted by atomic mass is 127. The number of hydrogen-bond donors (Lipinski definition) is 5. The van der Waals surface area contributed by atoms with Crippen LogP contribution in [0.25, 0.3) is 11.3 Å². The predicted octanol–water partition coefficient (Wildman–Crippen LogP) is 4.87. The third-order valence-corrected chi connectivity index (χ3v) is 7.46. The lowest BCUT2D eigenvalue weighted by Gasteiger charge is -2.25. The fourth-order valence-corrected chi connectivity index (χ4v) is 4.92. The van der Waals surface area contributed by atoms with Crippen molar-refractivity contribution >= 4 is 40.1 Å². The summed E-state index contributed by atoms with van der Waals surface area (Å²) >= 11 is 8.51. The van der Waals surface area contributed by atoms with Crippen molar-refractivity contribution in [2.75, 3.05) is 13.2 Å². The van der Waals surface area contributed by atoms with Gasteiger partial charge in [-0.2, -0.15) is 0 Å². The fraction of sp³-hybridized carbons (Fsp3) is 0.241. The Labute approximate surface area is 249 Å². The fourth-order valence-electron chi connectivity index (χ4n) is 4.23. The lowest BCUT2D eigenvalue weighted by Crippen LogP contribution is -2.39. The zero-order valence-corrected chi connectivity index (χ0v) is 24.4. The van der Waals surface area contributed by atoms with Gasteiger partial charge in [0.05, 0.1) is 19.3 Å². The molecule has 0 saturated heterocycles. The molecule has 3 aromatic carbocycles. The number of hydrogen-bond acceptors (Lipinski definition) is 6. The van der Waals surface area contributed by atoms with Crippen LogP contribution >= 0.6 is 34.2 Å². The molecule has 4 rings (SSSR count). The van der Waals surface area contributed by atoms with Crippen LogP contribution in [0.5, 0.6) is 5.75 Å². The second kappa shape index (κ2) is 13.6. The molecule has 0 radical (unpaired) electrons. The molecule has 1 amide bonds. The molecule has 8 nitrogen and oxygen atoms in total. The number of nitrogens with zero attached hydrogens (tertiary/aromatic N) is 1. The number of H-pyrrole nitrogens is 1. The first-order chi connectivity index (χ1) is 19.2. The number of aliphatic hydroxyl groups excluding tert-OH is 2. The van der Waals surface area contributed by atoms with Crippen molar-refractivity contribution in [1.29, 1.82) is 0 Å². The van der Waals surface area contributed by atoms with Crippen LogP contribution < -0.4 is 15.8 Å². The van der Waals surface area contributed by atoms with Gasteiger partial charge in [-0.1, -0.05) is 61.0 Å². The van der Waals surface area contributed by atoms with E-state index in [0.29, 0.717) is 17.1 Å². The maximum atomic E-state index is 14.8.